The molecule has 0 saturated carbocycles. The summed E-state index contributed by atoms with van der Waals surface area (Å²) in [6.45, 7) is 8.74. The summed E-state index contributed by atoms with van der Waals surface area (Å²) in [4.78, 5) is 40.5. The van der Waals surface area contributed by atoms with Gasteiger partial charge in [-0.1, -0.05) is 79.2 Å². The summed E-state index contributed by atoms with van der Waals surface area (Å²) < 4.78 is 4.54. The quantitative estimate of drug-likeness (QED) is 0.151. The highest BCUT2D eigenvalue weighted by molar-refractivity contribution is 5.98. The topological polar surface area (TPSA) is 134 Å². The van der Waals surface area contributed by atoms with Crippen LogP contribution in [0.3, 0.4) is 0 Å². The maximum atomic E-state index is 13.0. The molecule has 1 aromatic heterocycles. The van der Waals surface area contributed by atoms with E-state index in [1.54, 1.807) is 13.0 Å². The van der Waals surface area contributed by atoms with Gasteiger partial charge in [0.05, 0.1) is 12.1 Å². The number of H-pyrrole nitrogens is 1. The Kier molecular flexibility index (Phi) is 17.3. The van der Waals surface area contributed by atoms with E-state index in [-0.39, 0.29) is 17.4 Å². The highest BCUT2D eigenvalue weighted by atomic mass is 16.5. The molecule has 1 amide bonds. The lowest BCUT2D eigenvalue weighted by Crippen LogP contribution is -2.26. The predicted octanol–water partition coefficient (Wildman–Crippen LogP) is 4.15. The lowest BCUT2D eigenvalue weighted by atomic mass is 9.89. The first-order valence-corrected chi connectivity index (χ1v) is 11.5. The van der Waals surface area contributed by atoms with Crippen molar-refractivity contribution in [2.45, 2.75) is 33.6 Å². The van der Waals surface area contributed by atoms with Crippen LogP contribution in [0.1, 0.15) is 49.2 Å². The molecule has 3 N–H and O–H groups in total. The number of ether oxygens (including phenoxy) is 1. The minimum atomic E-state index is -0.579. The highest BCUT2D eigenvalue weighted by Gasteiger charge is 2.23. The van der Waals surface area contributed by atoms with Crippen LogP contribution in [0, 0.1) is 19.3 Å². The van der Waals surface area contributed by atoms with Crippen molar-refractivity contribution < 1.29 is 19.5 Å². The van der Waals surface area contributed by atoms with Gasteiger partial charge in [-0.2, -0.15) is 0 Å². The molecule has 196 valence electrons. The number of benzene rings is 2. The van der Waals surface area contributed by atoms with Crippen molar-refractivity contribution in [2.24, 2.45) is 5.16 Å². The SMILES string of the molecule is C#CC=O.CC.CCOC.Cc1cccc(C(C(=O)Nc2cnc(/C=N/O)[nH]c2=O)c2ccccc2)c1. The second kappa shape index (κ2) is 19.7. The average Bonchev–Trinajstić information content (AvgIpc) is 2.92. The standard InChI is InChI=1S/C20H18N4O3.C3H8O.C3H2O.C2H6/c1-13-6-5-9-15(10-13)18(14-7-3-2-4-8-14)20(26)23-16-11-21-17(12-22-27)24-19(16)25;1-3-4-2;1-2-3-4;1-2/h2-12,18,27H,1H3,(H,23,26)(H,21,24,25);3H2,1-2H3;1,3H;1-2H3/b22-12+;;;. The molecule has 0 aliphatic heterocycles. The van der Waals surface area contributed by atoms with Gasteiger partial charge >= 0.3 is 0 Å². The predicted molar refractivity (Wildman–Crippen MR) is 146 cm³/mol. The Hall–Kier alpha value is -4.55. The maximum absolute atomic E-state index is 13.0. The summed E-state index contributed by atoms with van der Waals surface area (Å²) in [6, 6.07) is 17.0. The van der Waals surface area contributed by atoms with E-state index in [9.17, 15) is 9.59 Å². The van der Waals surface area contributed by atoms with Crippen LogP contribution >= 0.6 is 0 Å². The second-order valence-corrected chi connectivity index (χ2v) is 6.86. The first-order valence-electron chi connectivity index (χ1n) is 11.5. The lowest BCUT2D eigenvalue weighted by molar-refractivity contribution is -0.116. The molecular formula is C28H34N4O5. The summed E-state index contributed by atoms with van der Waals surface area (Å²) in [5.41, 5.74) is 2.16. The van der Waals surface area contributed by atoms with Crippen LogP contribution in [-0.4, -0.2) is 47.3 Å². The van der Waals surface area contributed by atoms with Gasteiger partial charge < -0.3 is 20.2 Å². The van der Waals surface area contributed by atoms with Crippen LogP contribution < -0.4 is 10.9 Å². The number of anilines is 1. The van der Waals surface area contributed by atoms with Gasteiger partial charge in [-0.3, -0.25) is 14.4 Å². The third kappa shape index (κ3) is 12.1. The smallest absolute Gasteiger partial charge is 0.274 e. The van der Waals surface area contributed by atoms with E-state index in [1.165, 1.54) is 6.20 Å². The molecule has 1 unspecified atom stereocenters. The zero-order valence-electron chi connectivity index (χ0n) is 21.8. The van der Waals surface area contributed by atoms with Crippen molar-refractivity contribution in [3.05, 3.63) is 93.7 Å². The van der Waals surface area contributed by atoms with Crippen LogP contribution in [0.2, 0.25) is 0 Å². The lowest BCUT2D eigenvalue weighted by Gasteiger charge is -2.18. The van der Waals surface area contributed by atoms with Crippen molar-refractivity contribution in [2.75, 3.05) is 19.0 Å². The fourth-order valence-electron chi connectivity index (χ4n) is 2.81. The number of carbonyl (C=O) groups excluding carboxylic acids is 2. The number of amides is 1. The summed E-state index contributed by atoms with van der Waals surface area (Å²) in [7, 11) is 1.68. The molecular weight excluding hydrogens is 472 g/mol. The Morgan fingerprint density at radius 2 is 1.81 bits per heavy atom. The van der Waals surface area contributed by atoms with Gasteiger partial charge in [0.2, 0.25) is 5.91 Å². The van der Waals surface area contributed by atoms with Gasteiger partial charge in [-0.15, -0.1) is 6.42 Å². The Morgan fingerprint density at radius 1 is 1.22 bits per heavy atom. The Morgan fingerprint density at radius 3 is 2.30 bits per heavy atom. The van der Waals surface area contributed by atoms with Gasteiger partial charge in [-0.05, 0) is 30.9 Å². The van der Waals surface area contributed by atoms with E-state index in [0.29, 0.717) is 6.29 Å². The molecule has 0 aliphatic rings. The van der Waals surface area contributed by atoms with Crippen LogP contribution in [0.5, 0.6) is 0 Å². The molecule has 0 fully saturated rings. The number of nitrogens with one attached hydrogen (secondary N) is 2. The summed E-state index contributed by atoms with van der Waals surface area (Å²) in [5.74, 6) is 0.908. The normalized spacial score (nSPS) is 10.2. The van der Waals surface area contributed by atoms with Crippen molar-refractivity contribution in [1.29, 1.82) is 0 Å². The van der Waals surface area contributed by atoms with E-state index < -0.39 is 11.5 Å². The fraction of sp³-hybridized carbons (Fsp3) is 0.250. The van der Waals surface area contributed by atoms with E-state index >= 15 is 0 Å². The third-order valence-corrected chi connectivity index (χ3v) is 4.38. The summed E-state index contributed by atoms with van der Waals surface area (Å²) >= 11 is 0. The van der Waals surface area contributed by atoms with E-state index in [4.69, 9.17) is 10.0 Å². The van der Waals surface area contributed by atoms with Gasteiger partial charge in [0.15, 0.2) is 12.1 Å². The Labute approximate surface area is 217 Å². The zero-order valence-corrected chi connectivity index (χ0v) is 21.8. The first kappa shape index (κ1) is 32.5. The molecule has 0 saturated heterocycles. The molecule has 0 aliphatic carbocycles. The molecule has 3 aromatic rings. The van der Waals surface area contributed by atoms with Gasteiger partial charge in [0.25, 0.3) is 5.56 Å². The minimum Gasteiger partial charge on any atom is -0.411 e. The van der Waals surface area contributed by atoms with E-state index in [2.05, 4.69) is 31.6 Å². The molecule has 1 atom stereocenters. The molecule has 9 heteroatoms. The monoisotopic (exact) mass is 506 g/mol. The average molecular weight is 507 g/mol. The van der Waals surface area contributed by atoms with Crippen molar-refractivity contribution in [1.82, 2.24) is 9.97 Å². The Balaban J connectivity index is 0.00000112. The number of aryl methyl sites for hydroxylation is 1. The number of methoxy groups -OCH3 is 1. The van der Waals surface area contributed by atoms with Crippen LogP contribution in [0.25, 0.3) is 0 Å². The number of aromatic nitrogens is 2. The largest absolute Gasteiger partial charge is 0.411 e. The van der Waals surface area contributed by atoms with Gasteiger partial charge in [-0.25, -0.2) is 4.98 Å². The number of aromatic amines is 1. The Bertz CT molecular complexity index is 1200. The first-order chi connectivity index (χ1) is 17.9. The van der Waals surface area contributed by atoms with Crippen LogP contribution in [-0.2, 0) is 14.3 Å². The number of oxime groups is 1. The maximum Gasteiger partial charge on any atom is 0.274 e. The number of hydrogen-bond acceptors (Lipinski definition) is 7. The molecule has 0 bridgehead atoms. The van der Waals surface area contributed by atoms with Crippen LogP contribution in [0.15, 0.2) is 70.7 Å². The molecule has 3 rings (SSSR count). The second-order valence-electron chi connectivity index (χ2n) is 6.86. The van der Waals surface area contributed by atoms with E-state index in [0.717, 1.165) is 29.5 Å². The van der Waals surface area contributed by atoms with Gasteiger partial charge in [0.1, 0.15) is 11.9 Å². The fourth-order valence-corrected chi connectivity index (χ4v) is 2.81. The van der Waals surface area contributed by atoms with Gasteiger partial charge in [0, 0.05) is 13.7 Å². The summed E-state index contributed by atoms with van der Waals surface area (Å²) in [5, 5.41) is 14.0. The molecule has 2 aromatic carbocycles. The zero-order chi connectivity index (χ0) is 28.1. The van der Waals surface area contributed by atoms with E-state index in [1.807, 2.05) is 82.3 Å². The molecule has 0 radical (unpaired) electrons. The highest BCUT2D eigenvalue weighted by Crippen LogP contribution is 2.26. The van der Waals surface area contributed by atoms with Crippen LogP contribution in [0.4, 0.5) is 5.69 Å². The number of hydrogen-bond donors (Lipinski definition) is 3. The molecule has 37 heavy (non-hydrogen) atoms. The number of rotatable bonds is 6. The van der Waals surface area contributed by atoms with Crippen molar-refractivity contribution in [3.63, 3.8) is 0 Å². The number of carbonyl (C=O) groups is 2. The van der Waals surface area contributed by atoms with Crippen molar-refractivity contribution in [3.8, 4) is 12.3 Å². The minimum absolute atomic E-state index is 0.0173. The molecule has 1 heterocycles. The number of nitrogens with zero attached hydrogens (tertiary/aromatic N) is 2. The molecule has 9 nitrogen and oxygen atoms in total. The molecule has 0 spiro atoms. The number of aldehydes is 1. The van der Waals surface area contributed by atoms with Crippen molar-refractivity contribution >= 4 is 24.1 Å². The summed E-state index contributed by atoms with van der Waals surface area (Å²) in [6.07, 6.45) is 7.03. The third-order valence-electron chi connectivity index (χ3n) is 4.38. The number of terminal acetylenes is 1.